The van der Waals surface area contributed by atoms with Crippen molar-refractivity contribution in [1.29, 1.82) is 5.41 Å². The van der Waals surface area contributed by atoms with E-state index >= 15 is 0 Å². The van der Waals surface area contributed by atoms with E-state index in [0.29, 0.717) is 11.2 Å². The second-order valence-electron chi connectivity index (χ2n) is 4.19. The maximum Gasteiger partial charge on any atom is 0.166 e. The minimum absolute atomic E-state index is 0.0159. The Balaban J connectivity index is 2.36. The molecule has 0 saturated carbocycles. The molecule has 0 spiro atoms. The van der Waals surface area contributed by atoms with Gasteiger partial charge in [0.2, 0.25) is 0 Å². The van der Waals surface area contributed by atoms with E-state index in [1.165, 1.54) is 0 Å². The highest BCUT2D eigenvalue weighted by Crippen LogP contribution is 2.08. The summed E-state index contributed by atoms with van der Waals surface area (Å²) in [6.45, 7) is 0.895. The Morgan fingerprint density at radius 1 is 1.53 bits per heavy atom. The number of fused-ring (bicyclic) bond motifs is 1. The molecule has 0 atom stereocenters. The van der Waals surface area contributed by atoms with Crippen molar-refractivity contribution in [3.63, 3.8) is 0 Å². The summed E-state index contributed by atoms with van der Waals surface area (Å²) in [5.41, 5.74) is 6.77. The lowest BCUT2D eigenvalue weighted by molar-refractivity contribution is 0.409. The zero-order valence-corrected chi connectivity index (χ0v) is 10.0. The third kappa shape index (κ3) is 2.42. The molecule has 2 rings (SSSR count). The van der Waals surface area contributed by atoms with Gasteiger partial charge in [-0.05, 0) is 26.2 Å². The van der Waals surface area contributed by atoms with E-state index in [9.17, 15) is 0 Å². The van der Waals surface area contributed by atoms with Crippen molar-refractivity contribution in [2.75, 3.05) is 20.6 Å². The molecule has 2 aromatic heterocycles. The van der Waals surface area contributed by atoms with Crippen LogP contribution in [-0.4, -0.2) is 46.0 Å². The first-order valence-electron chi connectivity index (χ1n) is 5.41. The Morgan fingerprint density at radius 2 is 2.29 bits per heavy atom. The molecule has 0 unspecified atom stereocenters. The van der Waals surface area contributed by atoms with Crippen LogP contribution in [0.1, 0.15) is 11.4 Å². The van der Waals surface area contributed by atoms with Crippen LogP contribution in [0.15, 0.2) is 18.3 Å². The van der Waals surface area contributed by atoms with Crippen LogP contribution in [-0.2, 0) is 6.42 Å². The first kappa shape index (κ1) is 11.5. The lowest BCUT2D eigenvalue weighted by Gasteiger charge is -2.05. The molecule has 6 nitrogen and oxygen atoms in total. The molecular weight excluding hydrogens is 216 g/mol. The standard InChI is InChI=1S/C11H16N6/c1-16(2)7-5-9-14-11-8(10(12)13)4-3-6-17(11)15-9/h3-4,6H,5,7H2,1-2H3,(H3,12,13). The minimum atomic E-state index is 0.0159. The summed E-state index contributed by atoms with van der Waals surface area (Å²) in [5, 5.41) is 11.8. The topological polar surface area (TPSA) is 83.3 Å². The number of nitrogens with two attached hydrogens (primary N) is 1. The number of amidine groups is 1. The van der Waals surface area contributed by atoms with Gasteiger partial charge >= 0.3 is 0 Å². The quantitative estimate of drug-likeness (QED) is 0.579. The molecule has 0 aliphatic carbocycles. The van der Waals surface area contributed by atoms with E-state index in [2.05, 4.69) is 15.0 Å². The Hall–Kier alpha value is -1.95. The summed E-state index contributed by atoms with van der Waals surface area (Å²) in [6, 6.07) is 3.59. The molecule has 0 fully saturated rings. The Kier molecular flexibility index (Phi) is 3.06. The summed E-state index contributed by atoms with van der Waals surface area (Å²) in [5.74, 6) is 0.787. The fraction of sp³-hybridized carbons (Fsp3) is 0.364. The lowest BCUT2D eigenvalue weighted by Crippen LogP contribution is -2.15. The monoisotopic (exact) mass is 232 g/mol. The highest BCUT2D eigenvalue weighted by molar-refractivity contribution is 6.00. The van der Waals surface area contributed by atoms with Gasteiger partial charge in [0.05, 0.1) is 5.56 Å². The number of hydrogen-bond donors (Lipinski definition) is 2. The second kappa shape index (κ2) is 4.50. The van der Waals surface area contributed by atoms with Gasteiger partial charge in [-0.2, -0.15) is 5.10 Å². The van der Waals surface area contributed by atoms with E-state index in [0.717, 1.165) is 18.8 Å². The number of nitrogens with zero attached hydrogens (tertiary/aromatic N) is 4. The van der Waals surface area contributed by atoms with Crippen molar-refractivity contribution in [3.8, 4) is 0 Å². The zero-order valence-electron chi connectivity index (χ0n) is 10.0. The third-order valence-electron chi connectivity index (χ3n) is 2.48. The maximum absolute atomic E-state index is 7.49. The van der Waals surface area contributed by atoms with E-state index < -0.39 is 0 Å². The van der Waals surface area contributed by atoms with E-state index in [1.54, 1.807) is 10.6 Å². The molecule has 6 heteroatoms. The molecule has 0 aromatic carbocycles. The van der Waals surface area contributed by atoms with Gasteiger partial charge in [0.1, 0.15) is 5.84 Å². The number of aromatic nitrogens is 3. The molecule has 0 aliphatic heterocycles. The summed E-state index contributed by atoms with van der Waals surface area (Å²) in [6.07, 6.45) is 2.60. The van der Waals surface area contributed by atoms with Gasteiger partial charge in [0.25, 0.3) is 0 Å². The number of likely N-dealkylation sites (N-methyl/N-ethyl adjacent to an activating group) is 1. The van der Waals surface area contributed by atoms with Crippen molar-refractivity contribution in [2.24, 2.45) is 5.73 Å². The molecule has 2 heterocycles. The fourth-order valence-corrected chi connectivity index (χ4v) is 1.59. The SMILES string of the molecule is CN(C)CCc1nc2c(C(=N)N)cccn2n1. The van der Waals surface area contributed by atoms with Gasteiger partial charge in [-0.1, -0.05) is 0 Å². The molecule has 3 N–H and O–H groups in total. The third-order valence-corrected chi connectivity index (χ3v) is 2.48. The van der Waals surface area contributed by atoms with Gasteiger partial charge in [0, 0.05) is 19.2 Å². The summed E-state index contributed by atoms with van der Waals surface area (Å²) < 4.78 is 1.67. The number of hydrogen-bond acceptors (Lipinski definition) is 4. The molecular formula is C11H16N6. The smallest absolute Gasteiger partial charge is 0.166 e. The van der Waals surface area contributed by atoms with Gasteiger partial charge in [0.15, 0.2) is 11.5 Å². The van der Waals surface area contributed by atoms with Crippen LogP contribution < -0.4 is 5.73 Å². The van der Waals surface area contributed by atoms with Crippen LogP contribution in [0.5, 0.6) is 0 Å². The van der Waals surface area contributed by atoms with E-state index in [-0.39, 0.29) is 5.84 Å². The predicted octanol–water partition coefficient (Wildman–Crippen LogP) is 0.117. The van der Waals surface area contributed by atoms with Gasteiger partial charge in [-0.25, -0.2) is 9.50 Å². The first-order chi connectivity index (χ1) is 8.08. The molecule has 0 bridgehead atoms. The van der Waals surface area contributed by atoms with Gasteiger partial charge in [-0.15, -0.1) is 0 Å². The molecule has 90 valence electrons. The summed E-state index contributed by atoms with van der Waals surface area (Å²) >= 11 is 0. The molecule has 17 heavy (non-hydrogen) atoms. The lowest BCUT2D eigenvalue weighted by atomic mass is 10.2. The van der Waals surface area contributed by atoms with Crippen LogP contribution in [0.2, 0.25) is 0 Å². The van der Waals surface area contributed by atoms with E-state index in [4.69, 9.17) is 11.1 Å². The summed E-state index contributed by atoms with van der Waals surface area (Å²) in [7, 11) is 4.02. The first-order valence-corrected chi connectivity index (χ1v) is 5.41. The van der Waals surface area contributed by atoms with Crippen LogP contribution in [0.4, 0.5) is 0 Å². The number of pyridine rings is 1. The molecule has 2 aromatic rings. The maximum atomic E-state index is 7.49. The van der Waals surface area contributed by atoms with Crippen molar-refractivity contribution in [2.45, 2.75) is 6.42 Å². The normalized spacial score (nSPS) is 11.2. The zero-order chi connectivity index (χ0) is 12.4. The molecule has 0 amide bonds. The number of nitrogen functional groups attached to an aromatic ring is 1. The number of rotatable bonds is 4. The molecule has 0 aliphatic rings. The number of nitrogens with one attached hydrogen (secondary N) is 1. The van der Waals surface area contributed by atoms with Crippen molar-refractivity contribution in [1.82, 2.24) is 19.5 Å². The van der Waals surface area contributed by atoms with Crippen LogP contribution >= 0.6 is 0 Å². The largest absolute Gasteiger partial charge is 0.384 e. The average Bonchev–Trinajstić information content (AvgIpc) is 2.68. The minimum Gasteiger partial charge on any atom is -0.384 e. The Labute approximate surface area is 99.6 Å². The predicted molar refractivity (Wildman–Crippen MR) is 66.3 cm³/mol. The van der Waals surface area contributed by atoms with Crippen molar-refractivity contribution < 1.29 is 0 Å². The van der Waals surface area contributed by atoms with Crippen LogP contribution in [0.3, 0.4) is 0 Å². The molecule has 0 saturated heterocycles. The Morgan fingerprint density at radius 3 is 2.94 bits per heavy atom. The van der Waals surface area contributed by atoms with Gasteiger partial charge in [-0.3, -0.25) is 5.41 Å². The highest BCUT2D eigenvalue weighted by atomic mass is 15.3. The fourth-order valence-electron chi connectivity index (χ4n) is 1.59. The van der Waals surface area contributed by atoms with Crippen molar-refractivity contribution in [3.05, 3.63) is 29.7 Å². The highest BCUT2D eigenvalue weighted by Gasteiger charge is 2.09. The molecule has 0 radical (unpaired) electrons. The van der Waals surface area contributed by atoms with Crippen LogP contribution in [0.25, 0.3) is 5.65 Å². The Bertz CT molecular complexity index is 542. The van der Waals surface area contributed by atoms with E-state index in [1.807, 2.05) is 26.4 Å². The summed E-state index contributed by atoms with van der Waals surface area (Å²) in [4.78, 5) is 6.49. The van der Waals surface area contributed by atoms with Crippen LogP contribution in [0, 0.1) is 5.41 Å². The van der Waals surface area contributed by atoms with Gasteiger partial charge < -0.3 is 10.6 Å². The van der Waals surface area contributed by atoms with Crippen molar-refractivity contribution >= 4 is 11.5 Å². The second-order valence-corrected chi connectivity index (χ2v) is 4.19. The average molecular weight is 232 g/mol.